The highest BCUT2D eigenvalue weighted by molar-refractivity contribution is 9.10. The van der Waals surface area contributed by atoms with Crippen LogP contribution in [0.4, 0.5) is 0 Å². The molecule has 1 heterocycles. The molecule has 0 unspecified atom stereocenters. The molecular weight excluding hydrogens is 392 g/mol. The molecule has 138 valence electrons. The van der Waals surface area contributed by atoms with Gasteiger partial charge in [0.2, 0.25) is 5.91 Å². The van der Waals surface area contributed by atoms with Crippen LogP contribution in [0, 0.1) is 6.92 Å². The van der Waals surface area contributed by atoms with Crippen LogP contribution in [0.15, 0.2) is 45.3 Å². The van der Waals surface area contributed by atoms with Crippen LogP contribution >= 0.6 is 15.9 Å². The summed E-state index contributed by atoms with van der Waals surface area (Å²) in [7, 11) is 0. The molecule has 0 bridgehead atoms. The Hall–Kier alpha value is -1.59. The molecule has 5 heteroatoms. The van der Waals surface area contributed by atoms with E-state index in [0.717, 1.165) is 41.7 Å². The van der Waals surface area contributed by atoms with Crippen molar-refractivity contribution in [3.8, 4) is 0 Å². The van der Waals surface area contributed by atoms with Gasteiger partial charge in [-0.3, -0.25) is 10.1 Å². The minimum atomic E-state index is -0.0488. The van der Waals surface area contributed by atoms with Crippen molar-refractivity contribution >= 4 is 21.8 Å². The number of rotatable bonds is 7. The summed E-state index contributed by atoms with van der Waals surface area (Å²) in [6, 6.07) is 12.8. The molecule has 1 aromatic heterocycles. The van der Waals surface area contributed by atoms with Gasteiger partial charge in [-0.15, -0.1) is 0 Å². The Labute approximate surface area is 163 Å². The van der Waals surface area contributed by atoms with E-state index in [0.29, 0.717) is 19.1 Å². The number of nitrogens with zero attached hydrogens (tertiary/aromatic N) is 1. The van der Waals surface area contributed by atoms with Crippen LogP contribution in [0.25, 0.3) is 0 Å². The fourth-order valence-corrected chi connectivity index (χ4v) is 4.02. The third kappa shape index (κ3) is 3.74. The first-order valence-corrected chi connectivity index (χ1v) is 10.2. The molecule has 2 aromatic rings. The van der Waals surface area contributed by atoms with Crippen molar-refractivity contribution < 1.29 is 9.21 Å². The third-order valence-corrected chi connectivity index (χ3v) is 6.14. The molecule has 0 aliphatic heterocycles. The molecule has 2 saturated carbocycles. The topological polar surface area (TPSA) is 45.5 Å². The normalized spacial score (nSPS) is 18.4. The monoisotopic (exact) mass is 416 g/mol. The zero-order chi connectivity index (χ0) is 18.1. The van der Waals surface area contributed by atoms with Crippen molar-refractivity contribution in [1.82, 2.24) is 10.2 Å². The molecule has 1 aromatic carbocycles. The van der Waals surface area contributed by atoms with Crippen LogP contribution in [0.2, 0.25) is 0 Å². The van der Waals surface area contributed by atoms with Gasteiger partial charge in [0.25, 0.3) is 0 Å². The van der Waals surface area contributed by atoms with E-state index in [1.54, 1.807) is 0 Å². The van der Waals surface area contributed by atoms with Crippen LogP contribution in [0.1, 0.15) is 49.2 Å². The lowest BCUT2D eigenvalue weighted by Crippen LogP contribution is -2.52. The molecule has 1 amide bonds. The van der Waals surface area contributed by atoms with E-state index in [9.17, 15) is 4.79 Å². The number of amides is 1. The number of benzene rings is 1. The van der Waals surface area contributed by atoms with Gasteiger partial charge in [-0.2, -0.15) is 0 Å². The molecular formula is C21H25BrN2O2. The van der Waals surface area contributed by atoms with Crippen molar-refractivity contribution in [3.63, 3.8) is 0 Å². The summed E-state index contributed by atoms with van der Waals surface area (Å²) in [6.45, 7) is 2.89. The van der Waals surface area contributed by atoms with Crippen LogP contribution in [-0.4, -0.2) is 23.4 Å². The van der Waals surface area contributed by atoms with Crippen molar-refractivity contribution in [3.05, 3.63) is 58.0 Å². The number of hydrogen-bond acceptors (Lipinski definition) is 3. The molecule has 4 nitrogen and oxygen atoms in total. The molecule has 4 rings (SSSR count). The minimum Gasteiger partial charge on any atom is -0.464 e. The summed E-state index contributed by atoms with van der Waals surface area (Å²) in [5.41, 5.74) is 1.23. The standard InChI is InChI=1S/C21H25BrN2O2/c1-15-3-10-19(26-15)14-24(18-8-9-18)20(25)13-23-21(11-2-12-21)16-4-6-17(22)7-5-16/h3-7,10,18,23H,2,8-9,11-14H2,1H3. The second-order valence-electron chi connectivity index (χ2n) is 7.56. The lowest BCUT2D eigenvalue weighted by atomic mass is 9.72. The van der Waals surface area contributed by atoms with Gasteiger partial charge in [0.05, 0.1) is 13.1 Å². The van der Waals surface area contributed by atoms with E-state index in [4.69, 9.17) is 4.42 Å². The van der Waals surface area contributed by atoms with Crippen molar-refractivity contribution in [1.29, 1.82) is 0 Å². The third-order valence-electron chi connectivity index (χ3n) is 5.61. The van der Waals surface area contributed by atoms with Gasteiger partial charge in [-0.1, -0.05) is 28.1 Å². The van der Waals surface area contributed by atoms with Crippen molar-refractivity contribution in [2.75, 3.05) is 6.54 Å². The Morgan fingerprint density at radius 3 is 2.50 bits per heavy atom. The van der Waals surface area contributed by atoms with Gasteiger partial charge in [0.1, 0.15) is 11.5 Å². The molecule has 0 saturated heterocycles. The number of furan rings is 1. The average Bonchev–Trinajstić information content (AvgIpc) is 3.35. The summed E-state index contributed by atoms with van der Waals surface area (Å²) in [5, 5.41) is 3.59. The number of nitrogens with one attached hydrogen (secondary N) is 1. The van der Waals surface area contributed by atoms with E-state index in [1.165, 1.54) is 12.0 Å². The van der Waals surface area contributed by atoms with E-state index < -0.39 is 0 Å². The van der Waals surface area contributed by atoms with Gasteiger partial charge in [0, 0.05) is 16.1 Å². The number of hydrogen-bond donors (Lipinski definition) is 1. The average molecular weight is 417 g/mol. The summed E-state index contributed by atoms with van der Waals surface area (Å²) < 4.78 is 6.77. The van der Waals surface area contributed by atoms with Gasteiger partial charge in [-0.25, -0.2) is 0 Å². The number of aryl methyl sites for hydroxylation is 1. The summed E-state index contributed by atoms with van der Waals surface area (Å²) in [6.07, 6.45) is 5.58. The molecule has 2 aliphatic carbocycles. The number of carbonyl (C=O) groups excluding carboxylic acids is 1. The zero-order valence-electron chi connectivity index (χ0n) is 15.1. The SMILES string of the molecule is Cc1ccc(CN(C(=O)CNC2(c3ccc(Br)cc3)CCC2)C2CC2)o1. The van der Waals surface area contributed by atoms with E-state index in [2.05, 4.69) is 45.5 Å². The van der Waals surface area contributed by atoms with Crippen molar-refractivity contribution in [2.24, 2.45) is 0 Å². The first kappa shape index (κ1) is 17.8. The Morgan fingerprint density at radius 1 is 1.23 bits per heavy atom. The van der Waals surface area contributed by atoms with Crippen LogP contribution < -0.4 is 5.32 Å². The second kappa shape index (κ2) is 7.20. The maximum Gasteiger partial charge on any atom is 0.237 e. The molecule has 0 atom stereocenters. The Morgan fingerprint density at radius 2 is 1.96 bits per heavy atom. The van der Waals surface area contributed by atoms with Crippen LogP contribution in [-0.2, 0) is 16.9 Å². The van der Waals surface area contributed by atoms with E-state index in [1.807, 2.05) is 24.0 Å². The molecule has 0 radical (unpaired) electrons. The highest BCUT2D eigenvalue weighted by Crippen LogP contribution is 2.41. The lowest BCUT2D eigenvalue weighted by Gasteiger charge is -2.43. The number of halogens is 1. The quantitative estimate of drug-likeness (QED) is 0.721. The Bertz CT molecular complexity index is 776. The number of carbonyl (C=O) groups is 1. The van der Waals surface area contributed by atoms with E-state index >= 15 is 0 Å². The molecule has 0 spiro atoms. The van der Waals surface area contributed by atoms with Gasteiger partial charge < -0.3 is 9.32 Å². The largest absolute Gasteiger partial charge is 0.464 e. The Kier molecular flexibility index (Phi) is 4.93. The van der Waals surface area contributed by atoms with Crippen LogP contribution in [0.5, 0.6) is 0 Å². The predicted octanol–water partition coefficient (Wildman–Crippen LogP) is 4.51. The Balaban J connectivity index is 1.42. The fraction of sp³-hybridized carbons (Fsp3) is 0.476. The highest BCUT2D eigenvalue weighted by atomic mass is 79.9. The second-order valence-corrected chi connectivity index (χ2v) is 8.48. The molecule has 2 aliphatic rings. The fourth-order valence-electron chi connectivity index (χ4n) is 3.76. The first-order chi connectivity index (χ1) is 12.6. The van der Waals surface area contributed by atoms with Crippen LogP contribution in [0.3, 0.4) is 0 Å². The predicted molar refractivity (Wildman–Crippen MR) is 105 cm³/mol. The minimum absolute atomic E-state index is 0.0488. The van der Waals surface area contributed by atoms with Gasteiger partial charge in [0.15, 0.2) is 0 Å². The summed E-state index contributed by atoms with van der Waals surface area (Å²) >= 11 is 3.50. The smallest absolute Gasteiger partial charge is 0.237 e. The molecule has 2 fully saturated rings. The van der Waals surface area contributed by atoms with Gasteiger partial charge in [-0.05, 0) is 68.9 Å². The molecule has 1 N–H and O–H groups in total. The molecule has 26 heavy (non-hydrogen) atoms. The van der Waals surface area contributed by atoms with E-state index in [-0.39, 0.29) is 11.4 Å². The van der Waals surface area contributed by atoms with Crippen molar-refractivity contribution in [2.45, 2.75) is 57.2 Å². The first-order valence-electron chi connectivity index (χ1n) is 9.42. The lowest BCUT2D eigenvalue weighted by molar-refractivity contribution is -0.132. The summed E-state index contributed by atoms with van der Waals surface area (Å²) in [4.78, 5) is 14.9. The zero-order valence-corrected chi connectivity index (χ0v) is 16.7. The maximum atomic E-state index is 12.9. The highest BCUT2D eigenvalue weighted by Gasteiger charge is 2.40. The van der Waals surface area contributed by atoms with Gasteiger partial charge >= 0.3 is 0 Å². The maximum absolute atomic E-state index is 12.9. The summed E-state index contributed by atoms with van der Waals surface area (Å²) in [5.74, 6) is 1.93.